The highest BCUT2D eigenvalue weighted by Crippen LogP contribution is 2.12. The second-order valence-electron chi connectivity index (χ2n) is 2.65. The van der Waals surface area contributed by atoms with Gasteiger partial charge in [-0.05, 0) is 18.9 Å². The Balaban J connectivity index is 3.83. The molecule has 0 aliphatic heterocycles. The molecule has 0 saturated heterocycles. The molecule has 0 amide bonds. The minimum atomic E-state index is -0.614. The second-order valence-corrected chi connectivity index (χ2v) is 2.65. The van der Waals surface area contributed by atoms with Gasteiger partial charge in [0.15, 0.2) is 0 Å². The molecule has 0 saturated carbocycles. The Morgan fingerprint density at radius 2 is 2.00 bits per heavy atom. The van der Waals surface area contributed by atoms with E-state index in [1.54, 1.807) is 6.08 Å². The van der Waals surface area contributed by atoms with Gasteiger partial charge in [-0.25, -0.2) is 0 Å². The number of rotatable bonds is 6. The maximum Gasteiger partial charge on any atom is 0.0752 e. The highest BCUT2D eigenvalue weighted by molar-refractivity contribution is 4.83. The van der Waals surface area contributed by atoms with Gasteiger partial charge in [0.2, 0.25) is 0 Å². The summed E-state index contributed by atoms with van der Waals surface area (Å²) < 4.78 is 0. The van der Waals surface area contributed by atoms with E-state index in [9.17, 15) is 5.11 Å². The van der Waals surface area contributed by atoms with Crippen molar-refractivity contribution in [1.82, 2.24) is 0 Å². The fourth-order valence-electron chi connectivity index (χ4n) is 0.960. The van der Waals surface area contributed by atoms with Crippen LogP contribution in [0, 0.1) is 5.92 Å². The third-order valence-corrected chi connectivity index (χ3v) is 1.73. The molecule has 0 radical (unpaired) electrons. The fourth-order valence-corrected chi connectivity index (χ4v) is 0.960. The molecule has 0 bridgehead atoms. The Bertz CT molecular complexity index is 143. The summed E-state index contributed by atoms with van der Waals surface area (Å²) in [4.78, 5) is 0. The summed E-state index contributed by atoms with van der Waals surface area (Å²) in [6.07, 6.45) is 4.33. The van der Waals surface area contributed by atoms with E-state index in [1.165, 1.54) is 6.08 Å². The summed E-state index contributed by atoms with van der Waals surface area (Å²) in [5, 5.41) is 26.6. The Kier molecular flexibility index (Phi) is 6.42. The number of hydrogen-bond donors (Lipinski definition) is 3. The van der Waals surface area contributed by atoms with Crippen LogP contribution in [0.4, 0.5) is 0 Å². The molecular weight excluding hydrogens is 156 g/mol. The van der Waals surface area contributed by atoms with E-state index >= 15 is 0 Å². The average Bonchev–Trinajstić information content (AvgIpc) is 2.10. The van der Waals surface area contributed by atoms with Crippen LogP contribution in [0.2, 0.25) is 0 Å². The summed E-state index contributed by atoms with van der Waals surface area (Å²) in [6.45, 7) is 3.46. The zero-order valence-electron chi connectivity index (χ0n) is 7.06. The molecule has 0 spiro atoms. The topological polar surface area (TPSA) is 60.7 Å². The van der Waals surface area contributed by atoms with Crippen molar-refractivity contribution in [3.05, 3.63) is 25.0 Å². The lowest BCUT2D eigenvalue weighted by Crippen LogP contribution is -2.22. The molecule has 0 aromatic carbocycles. The van der Waals surface area contributed by atoms with Gasteiger partial charge < -0.3 is 15.3 Å². The van der Waals surface area contributed by atoms with Crippen molar-refractivity contribution >= 4 is 0 Å². The van der Waals surface area contributed by atoms with Gasteiger partial charge in [0.1, 0.15) is 0 Å². The van der Waals surface area contributed by atoms with E-state index in [0.29, 0.717) is 12.8 Å². The van der Waals surface area contributed by atoms with Crippen LogP contribution in [0.25, 0.3) is 0 Å². The molecule has 3 nitrogen and oxygen atoms in total. The van der Waals surface area contributed by atoms with Crippen molar-refractivity contribution in [1.29, 1.82) is 0 Å². The van der Waals surface area contributed by atoms with Crippen LogP contribution in [0.3, 0.4) is 0 Å². The zero-order chi connectivity index (χ0) is 9.40. The van der Waals surface area contributed by atoms with Crippen molar-refractivity contribution in [2.75, 3.05) is 6.61 Å². The van der Waals surface area contributed by atoms with Crippen LogP contribution < -0.4 is 0 Å². The Morgan fingerprint density at radius 3 is 2.42 bits per heavy atom. The van der Waals surface area contributed by atoms with Gasteiger partial charge in [0.25, 0.3) is 0 Å². The lowest BCUT2D eigenvalue weighted by atomic mass is 9.97. The predicted octanol–water partition coefficient (Wildman–Crippen LogP) is 0.994. The third-order valence-electron chi connectivity index (χ3n) is 1.73. The molecule has 0 heterocycles. The quantitative estimate of drug-likeness (QED) is 0.413. The van der Waals surface area contributed by atoms with Gasteiger partial charge in [-0.3, -0.25) is 0 Å². The maximum atomic E-state index is 9.40. The number of aliphatic hydroxyl groups is 3. The van der Waals surface area contributed by atoms with Crippen LogP contribution in [0.15, 0.2) is 25.0 Å². The van der Waals surface area contributed by atoms with Crippen molar-refractivity contribution in [3.8, 4) is 0 Å². The molecule has 0 aromatic rings. The van der Waals surface area contributed by atoms with Crippen LogP contribution in [-0.2, 0) is 0 Å². The van der Waals surface area contributed by atoms with E-state index in [1.807, 2.05) is 0 Å². The summed E-state index contributed by atoms with van der Waals surface area (Å²) in [7, 11) is 0. The van der Waals surface area contributed by atoms with Gasteiger partial charge in [-0.2, -0.15) is 0 Å². The largest absolute Gasteiger partial charge is 0.516 e. The lowest BCUT2D eigenvalue weighted by molar-refractivity contribution is 0.0707. The average molecular weight is 172 g/mol. The highest BCUT2D eigenvalue weighted by Gasteiger charge is 2.14. The number of hydrogen-bond acceptors (Lipinski definition) is 3. The number of aliphatic hydroxyl groups excluding tert-OH is 3. The molecule has 2 atom stereocenters. The SMILES string of the molecule is C=CCC(CO)C(O)CC=CO. The Hall–Kier alpha value is -0.800. The zero-order valence-corrected chi connectivity index (χ0v) is 7.06. The maximum absolute atomic E-state index is 9.40. The van der Waals surface area contributed by atoms with Crippen LogP contribution in [0.5, 0.6) is 0 Å². The minimum absolute atomic E-state index is 0.0630. The molecule has 3 N–H and O–H groups in total. The number of allylic oxidation sites excluding steroid dienone is 1. The molecule has 70 valence electrons. The Labute approximate surface area is 72.7 Å². The molecule has 3 heteroatoms. The van der Waals surface area contributed by atoms with Gasteiger partial charge in [0.05, 0.1) is 12.4 Å². The molecule has 2 unspecified atom stereocenters. The molecule has 12 heavy (non-hydrogen) atoms. The second kappa shape index (κ2) is 6.88. The van der Waals surface area contributed by atoms with Crippen LogP contribution in [0.1, 0.15) is 12.8 Å². The monoisotopic (exact) mass is 172 g/mol. The smallest absolute Gasteiger partial charge is 0.0752 e. The van der Waals surface area contributed by atoms with Gasteiger partial charge >= 0.3 is 0 Å². The predicted molar refractivity (Wildman–Crippen MR) is 47.8 cm³/mol. The molecular formula is C9H16O3. The molecule has 0 aromatic heterocycles. The molecule has 0 aliphatic rings. The molecule has 0 aliphatic carbocycles. The summed E-state index contributed by atoms with van der Waals surface area (Å²) in [6, 6.07) is 0. The normalized spacial score (nSPS) is 16.2. The van der Waals surface area contributed by atoms with Gasteiger partial charge in [-0.1, -0.05) is 6.08 Å². The third kappa shape index (κ3) is 4.16. The van der Waals surface area contributed by atoms with E-state index < -0.39 is 6.10 Å². The van der Waals surface area contributed by atoms with Crippen molar-refractivity contribution in [2.24, 2.45) is 5.92 Å². The molecule has 0 rings (SSSR count). The summed E-state index contributed by atoms with van der Waals surface area (Å²) >= 11 is 0. The first kappa shape index (κ1) is 11.2. The van der Waals surface area contributed by atoms with E-state index in [-0.39, 0.29) is 12.5 Å². The van der Waals surface area contributed by atoms with Gasteiger partial charge in [0, 0.05) is 12.5 Å². The standard InChI is InChI=1S/C9H16O3/c1-2-4-8(7-11)9(12)5-3-6-10/h2-3,6,8-12H,1,4-5,7H2. The van der Waals surface area contributed by atoms with E-state index in [4.69, 9.17) is 10.2 Å². The summed E-state index contributed by atoms with van der Waals surface area (Å²) in [5.41, 5.74) is 0. The van der Waals surface area contributed by atoms with Gasteiger partial charge in [-0.15, -0.1) is 6.58 Å². The highest BCUT2D eigenvalue weighted by atomic mass is 16.3. The lowest BCUT2D eigenvalue weighted by Gasteiger charge is -2.17. The molecule has 0 fully saturated rings. The van der Waals surface area contributed by atoms with E-state index in [0.717, 1.165) is 6.26 Å². The van der Waals surface area contributed by atoms with Crippen LogP contribution in [-0.4, -0.2) is 28.0 Å². The van der Waals surface area contributed by atoms with Crippen molar-refractivity contribution < 1.29 is 15.3 Å². The minimum Gasteiger partial charge on any atom is -0.516 e. The first-order chi connectivity index (χ1) is 5.76. The van der Waals surface area contributed by atoms with Crippen LogP contribution >= 0.6 is 0 Å². The fraction of sp³-hybridized carbons (Fsp3) is 0.556. The van der Waals surface area contributed by atoms with Crippen molar-refractivity contribution in [2.45, 2.75) is 18.9 Å². The first-order valence-corrected chi connectivity index (χ1v) is 3.95. The Morgan fingerprint density at radius 1 is 1.33 bits per heavy atom. The van der Waals surface area contributed by atoms with E-state index in [2.05, 4.69) is 6.58 Å². The first-order valence-electron chi connectivity index (χ1n) is 3.95. The summed E-state index contributed by atoms with van der Waals surface area (Å²) in [5.74, 6) is -0.182. The van der Waals surface area contributed by atoms with Crippen molar-refractivity contribution in [3.63, 3.8) is 0 Å².